The predicted octanol–water partition coefficient (Wildman–Crippen LogP) is 3.32. The van der Waals surface area contributed by atoms with E-state index in [0.717, 1.165) is 19.5 Å². The van der Waals surface area contributed by atoms with Gasteiger partial charge in [-0.1, -0.05) is 13.0 Å². The van der Waals surface area contributed by atoms with Gasteiger partial charge in [-0.15, -0.1) is 0 Å². The molecule has 0 spiro atoms. The first kappa shape index (κ1) is 22.6. The van der Waals surface area contributed by atoms with Crippen LogP contribution in [0.2, 0.25) is 0 Å². The Balaban J connectivity index is 1.44. The molecule has 2 amide bonds. The van der Waals surface area contributed by atoms with Gasteiger partial charge in [-0.2, -0.15) is 0 Å². The lowest BCUT2D eigenvalue weighted by Gasteiger charge is -2.26. The topological polar surface area (TPSA) is 79.9 Å². The van der Waals surface area contributed by atoms with E-state index in [1.807, 2.05) is 0 Å². The van der Waals surface area contributed by atoms with Crippen LogP contribution in [0.5, 0.6) is 11.5 Å². The summed E-state index contributed by atoms with van der Waals surface area (Å²) in [5.74, 6) is 0.821. The van der Waals surface area contributed by atoms with Crippen LogP contribution in [0.25, 0.3) is 0 Å². The molecule has 166 valence electrons. The van der Waals surface area contributed by atoms with Crippen molar-refractivity contribution in [3.63, 3.8) is 0 Å². The van der Waals surface area contributed by atoms with Crippen LogP contribution in [0.15, 0.2) is 48.5 Å². The molecule has 2 aromatic rings. The number of nitrogens with zero attached hydrogens (tertiary/aromatic N) is 1. The summed E-state index contributed by atoms with van der Waals surface area (Å²) in [5, 5.41) is 5.80. The molecule has 1 saturated heterocycles. The van der Waals surface area contributed by atoms with Gasteiger partial charge in [0.25, 0.3) is 11.8 Å². The molecular weight excluding hydrogens is 394 g/mol. The molecule has 1 aliphatic rings. The minimum Gasteiger partial charge on any atom is -0.497 e. The van der Waals surface area contributed by atoms with E-state index < -0.39 is 0 Å². The maximum Gasteiger partial charge on any atom is 0.262 e. The van der Waals surface area contributed by atoms with Crippen molar-refractivity contribution in [3.05, 3.63) is 54.1 Å². The van der Waals surface area contributed by atoms with Crippen LogP contribution in [-0.2, 0) is 4.79 Å². The molecular formula is C24H31N3O4. The fourth-order valence-corrected chi connectivity index (χ4v) is 3.70. The van der Waals surface area contributed by atoms with Crippen LogP contribution in [0.4, 0.5) is 5.69 Å². The van der Waals surface area contributed by atoms with Gasteiger partial charge in [-0.05, 0) is 68.8 Å². The zero-order chi connectivity index (χ0) is 22.1. The van der Waals surface area contributed by atoms with Crippen LogP contribution in [0.3, 0.4) is 0 Å². The van der Waals surface area contributed by atoms with Crippen LogP contribution >= 0.6 is 0 Å². The summed E-state index contributed by atoms with van der Waals surface area (Å²) in [6, 6.07) is 14.3. The number of carbonyl (C=O) groups is 2. The molecule has 7 nitrogen and oxygen atoms in total. The van der Waals surface area contributed by atoms with E-state index in [1.165, 1.54) is 12.8 Å². The number of hydrogen-bond donors (Lipinski definition) is 2. The van der Waals surface area contributed by atoms with Gasteiger partial charge in [0.15, 0.2) is 6.61 Å². The van der Waals surface area contributed by atoms with E-state index in [4.69, 9.17) is 9.47 Å². The van der Waals surface area contributed by atoms with Gasteiger partial charge in [0, 0.05) is 29.9 Å². The molecule has 1 unspecified atom stereocenters. The first-order chi connectivity index (χ1) is 15.1. The lowest BCUT2D eigenvalue weighted by atomic mass is 10.1. The number of amides is 2. The molecule has 0 radical (unpaired) electrons. The number of anilines is 1. The summed E-state index contributed by atoms with van der Waals surface area (Å²) in [7, 11) is 1.57. The molecule has 0 bridgehead atoms. The van der Waals surface area contributed by atoms with Crippen molar-refractivity contribution in [1.82, 2.24) is 10.2 Å². The lowest BCUT2D eigenvalue weighted by molar-refractivity contribution is -0.118. The third-order valence-electron chi connectivity index (χ3n) is 5.47. The fraction of sp³-hybridized carbons (Fsp3) is 0.417. The van der Waals surface area contributed by atoms with Crippen molar-refractivity contribution < 1.29 is 19.1 Å². The average molecular weight is 426 g/mol. The Morgan fingerprint density at radius 1 is 1.06 bits per heavy atom. The Morgan fingerprint density at radius 2 is 1.81 bits per heavy atom. The SMILES string of the molecule is CCC(CNC(=O)c1ccc(OCC(=O)Nc2cccc(OC)c2)cc1)N1CCCC1. The van der Waals surface area contributed by atoms with E-state index in [0.29, 0.717) is 35.3 Å². The average Bonchev–Trinajstić information content (AvgIpc) is 3.33. The number of hydrogen-bond acceptors (Lipinski definition) is 5. The molecule has 0 aromatic heterocycles. The second-order valence-electron chi connectivity index (χ2n) is 7.61. The van der Waals surface area contributed by atoms with Crippen molar-refractivity contribution in [1.29, 1.82) is 0 Å². The fourth-order valence-electron chi connectivity index (χ4n) is 3.70. The molecule has 1 heterocycles. The van der Waals surface area contributed by atoms with Crippen LogP contribution < -0.4 is 20.1 Å². The molecule has 3 rings (SSSR count). The summed E-state index contributed by atoms with van der Waals surface area (Å²) in [6.45, 7) is 4.91. The van der Waals surface area contributed by atoms with Gasteiger partial charge in [-0.3, -0.25) is 14.5 Å². The van der Waals surface area contributed by atoms with Gasteiger partial charge in [0.2, 0.25) is 0 Å². The summed E-state index contributed by atoms with van der Waals surface area (Å²) in [6.07, 6.45) is 3.50. The van der Waals surface area contributed by atoms with Gasteiger partial charge in [-0.25, -0.2) is 0 Å². The number of methoxy groups -OCH3 is 1. The highest BCUT2D eigenvalue weighted by Gasteiger charge is 2.21. The number of rotatable bonds is 10. The van der Waals surface area contributed by atoms with E-state index in [9.17, 15) is 9.59 Å². The molecule has 2 aromatic carbocycles. The highest BCUT2D eigenvalue weighted by molar-refractivity contribution is 5.94. The molecule has 1 fully saturated rings. The van der Waals surface area contributed by atoms with Gasteiger partial charge in [0.1, 0.15) is 11.5 Å². The van der Waals surface area contributed by atoms with Gasteiger partial charge >= 0.3 is 0 Å². The van der Waals surface area contributed by atoms with Crippen molar-refractivity contribution in [3.8, 4) is 11.5 Å². The second kappa shape index (κ2) is 11.4. The minimum atomic E-state index is -0.275. The highest BCUT2D eigenvalue weighted by Crippen LogP contribution is 2.17. The van der Waals surface area contributed by atoms with E-state index in [1.54, 1.807) is 55.6 Å². The van der Waals surface area contributed by atoms with Crippen LogP contribution in [0.1, 0.15) is 36.5 Å². The maximum atomic E-state index is 12.5. The first-order valence-electron chi connectivity index (χ1n) is 10.8. The molecule has 31 heavy (non-hydrogen) atoms. The van der Waals surface area contributed by atoms with E-state index >= 15 is 0 Å². The number of likely N-dealkylation sites (tertiary alicyclic amines) is 1. The number of nitrogens with one attached hydrogen (secondary N) is 2. The molecule has 1 atom stereocenters. The number of benzene rings is 2. The number of carbonyl (C=O) groups excluding carboxylic acids is 2. The highest BCUT2D eigenvalue weighted by atomic mass is 16.5. The smallest absolute Gasteiger partial charge is 0.262 e. The Hall–Kier alpha value is -3.06. The summed E-state index contributed by atoms with van der Waals surface area (Å²) >= 11 is 0. The third kappa shape index (κ3) is 6.72. The van der Waals surface area contributed by atoms with Crippen molar-refractivity contribution in [2.45, 2.75) is 32.2 Å². The predicted molar refractivity (Wildman–Crippen MR) is 121 cm³/mol. The Bertz CT molecular complexity index is 863. The Labute approximate surface area is 183 Å². The lowest BCUT2D eigenvalue weighted by Crippen LogP contribution is -2.42. The van der Waals surface area contributed by atoms with Crippen LogP contribution in [0, 0.1) is 0 Å². The largest absolute Gasteiger partial charge is 0.497 e. The Kier molecular flexibility index (Phi) is 8.29. The standard InChI is InChI=1S/C24H31N3O4/c1-3-20(27-13-4-5-14-27)16-25-24(29)18-9-11-21(12-10-18)31-17-23(28)26-19-7-6-8-22(15-19)30-2/h6-12,15,20H,3-5,13-14,16-17H2,1-2H3,(H,25,29)(H,26,28). The quantitative estimate of drug-likeness (QED) is 0.611. The summed E-state index contributed by atoms with van der Waals surface area (Å²) < 4.78 is 10.7. The zero-order valence-corrected chi connectivity index (χ0v) is 18.2. The van der Waals surface area contributed by atoms with Crippen LogP contribution in [-0.4, -0.2) is 56.1 Å². The van der Waals surface area contributed by atoms with Crippen molar-refractivity contribution in [2.75, 3.05) is 38.7 Å². The normalized spacial score (nSPS) is 14.6. The first-order valence-corrected chi connectivity index (χ1v) is 10.8. The summed E-state index contributed by atoms with van der Waals surface area (Å²) in [4.78, 5) is 27.0. The van der Waals surface area contributed by atoms with E-state index in [-0.39, 0.29) is 18.4 Å². The van der Waals surface area contributed by atoms with E-state index in [2.05, 4.69) is 22.5 Å². The molecule has 0 aliphatic carbocycles. The third-order valence-corrected chi connectivity index (χ3v) is 5.47. The second-order valence-corrected chi connectivity index (χ2v) is 7.61. The van der Waals surface area contributed by atoms with Crippen molar-refractivity contribution in [2.24, 2.45) is 0 Å². The minimum absolute atomic E-state index is 0.0973. The number of ether oxygens (including phenoxy) is 2. The zero-order valence-electron chi connectivity index (χ0n) is 18.2. The van der Waals surface area contributed by atoms with Gasteiger partial charge in [0.05, 0.1) is 7.11 Å². The molecule has 7 heteroatoms. The van der Waals surface area contributed by atoms with Crippen molar-refractivity contribution >= 4 is 17.5 Å². The summed E-state index contributed by atoms with van der Waals surface area (Å²) in [5.41, 5.74) is 1.21. The molecule has 2 N–H and O–H groups in total. The maximum absolute atomic E-state index is 12.5. The molecule has 0 saturated carbocycles. The molecule has 1 aliphatic heterocycles. The Morgan fingerprint density at radius 3 is 2.48 bits per heavy atom. The monoisotopic (exact) mass is 425 g/mol. The van der Waals surface area contributed by atoms with Gasteiger partial charge < -0.3 is 20.1 Å².